The molecule has 0 spiro atoms. The number of pyridine rings is 1. The number of hydroxylamine groups is 1. The van der Waals surface area contributed by atoms with Gasteiger partial charge in [0, 0.05) is 28.7 Å². The summed E-state index contributed by atoms with van der Waals surface area (Å²) in [6.45, 7) is 0.375. The van der Waals surface area contributed by atoms with E-state index < -0.39 is 5.91 Å². The van der Waals surface area contributed by atoms with Gasteiger partial charge in [-0.05, 0) is 47.3 Å². The molecule has 31 heavy (non-hydrogen) atoms. The molecule has 2 aromatic heterocycles. The molecule has 5 rings (SSSR count). The molecule has 2 heterocycles. The van der Waals surface area contributed by atoms with Crippen LogP contribution in [0.4, 0.5) is 0 Å². The number of fused-ring (bicyclic) bond motifs is 2. The fraction of sp³-hybridized carbons (Fsp3) is 0.0417. The number of amides is 1. The monoisotopic (exact) mass is 410 g/mol. The van der Waals surface area contributed by atoms with Gasteiger partial charge in [-0.3, -0.25) is 14.8 Å². The predicted molar refractivity (Wildman–Crippen MR) is 118 cm³/mol. The maximum Gasteiger partial charge on any atom is 0.274 e. The van der Waals surface area contributed by atoms with Crippen LogP contribution in [0.25, 0.3) is 27.4 Å². The number of nitrogens with one attached hydrogen (secondary N) is 1. The predicted octanol–water partition coefficient (Wildman–Crippen LogP) is 3.51. The third kappa shape index (κ3) is 3.47. The molecule has 7 heteroatoms. The molecule has 2 N–H and O–H groups in total. The molecule has 0 saturated carbocycles. The molecular formula is C24H18N4O3. The summed E-state index contributed by atoms with van der Waals surface area (Å²) in [5.74, 6) is -0.656. The smallest absolute Gasteiger partial charge is 0.274 e. The topological polar surface area (TPSA) is 89.2 Å². The normalized spacial score (nSPS) is 11.1. The van der Waals surface area contributed by atoms with Crippen LogP contribution in [0.15, 0.2) is 90.0 Å². The van der Waals surface area contributed by atoms with Gasteiger partial charge in [0.25, 0.3) is 11.5 Å². The van der Waals surface area contributed by atoms with Gasteiger partial charge in [-0.1, -0.05) is 36.4 Å². The zero-order chi connectivity index (χ0) is 21.4. The quantitative estimate of drug-likeness (QED) is 0.351. The van der Waals surface area contributed by atoms with Gasteiger partial charge >= 0.3 is 0 Å². The lowest BCUT2D eigenvalue weighted by Gasteiger charge is -2.10. The van der Waals surface area contributed by atoms with Crippen LogP contribution >= 0.6 is 0 Å². The van der Waals surface area contributed by atoms with E-state index in [4.69, 9.17) is 5.21 Å². The molecule has 152 valence electrons. The molecule has 0 aliphatic carbocycles. The first kappa shape index (κ1) is 18.8. The molecular weight excluding hydrogens is 392 g/mol. The lowest BCUT2D eigenvalue weighted by atomic mass is 10.1. The largest absolute Gasteiger partial charge is 0.311 e. The Bertz CT molecular complexity index is 1470. The molecule has 5 aromatic rings. The van der Waals surface area contributed by atoms with Crippen LogP contribution < -0.4 is 11.0 Å². The van der Waals surface area contributed by atoms with E-state index in [2.05, 4.69) is 5.10 Å². The summed E-state index contributed by atoms with van der Waals surface area (Å²) in [6.07, 6.45) is 3.72. The van der Waals surface area contributed by atoms with Gasteiger partial charge < -0.3 is 4.57 Å². The van der Waals surface area contributed by atoms with Crippen molar-refractivity contribution in [2.75, 3.05) is 0 Å². The third-order valence-corrected chi connectivity index (χ3v) is 5.28. The number of hydrogen-bond acceptors (Lipinski definition) is 4. The van der Waals surface area contributed by atoms with Crippen LogP contribution in [-0.4, -0.2) is 25.5 Å². The van der Waals surface area contributed by atoms with Gasteiger partial charge in [0.15, 0.2) is 0 Å². The number of benzene rings is 3. The second-order valence-electron chi connectivity index (χ2n) is 7.29. The summed E-state index contributed by atoms with van der Waals surface area (Å²) < 4.78 is 3.43. The molecule has 0 unspecified atom stereocenters. The summed E-state index contributed by atoms with van der Waals surface area (Å²) in [6, 6.07) is 22.4. The number of carbonyl (C=O) groups excluding carboxylic acids is 1. The Morgan fingerprint density at radius 3 is 2.68 bits per heavy atom. The number of rotatable bonds is 4. The maximum atomic E-state index is 13.0. The molecule has 7 nitrogen and oxygen atoms in total. The standard InChI is InChI=1S/C24H18N4O3/c29-23(26-31)18-9-8-17-10-11-27(24(30)21(17)13-18)14-16-4-3-6-20(12-16)28-15-19-5-1-2-7-22(19)25-28/h1-13,15,31H,14H2,(H,26,29). The van der Waals surface area contributed by atoms with Crippen LogP contribution in [0.2, 0.25) is 0 Å². The highest BCUT2D eigenvalue weighted by Gasteiger charge is 2.10. The van der Waals surface area contributed by atoms with E-state index in [-0.39, 0.29) is 11.1 Å². The van der Waals surface area contributed by atoms with Crippen LogP contribution in [0, 0.1) is 0 Å². The van der Waals surface area contributed by atoms with Gasteiger partial charge in [0.05, 0.1) is 17.7 Å². The van der Waals surface area contributed by atoms with E-state index in [1.165, 1.54) is 6.07 Å². The molecule has 0 atom stereocenters. The van der Waals surface area contributed by atoms with Gasteiger partial charge in [0.2, 0.25) is 0 Å². The highest BCUT2D eigenvalue weighted by atomic mass is 16.5. The lowest BCUT2D eigenvalue weighted by Crippen LogP contribution is -2.22. The first-order valence-electron chi connectivity index (χ1n) is 9.74. The summed E-state index contributed by atoms with van der Waals surface area (Å²) in [5.41, 5.74) is 4.38. The van der Waals surface area contributed by atoms with Crippen molar-refractivity contribution in [2.24, 2.45) is 0 Å². The van der Waals surface area contributed by atoms with Gasteiger partial charge in [-0.25, -0.2) is 10.2 Å². The second-order valence-corrected chi connectivity index (χ2v) is 7.29. The van der Waals surface area contributed by atoms with E-state index in [0.717, 1.165) is 27.5 Å². The maximum absolute atomic E-state index is 13.0. The van der Waals surface area contributed by atoms with Crippen LogP contribution in [0.1, 0.15) is 15.9 Å². The van der Waals surface area contributed by atoms with Crippen LogP contribution in [0.3, 0.4) is 0 Å². The van der Waals surface area contributed by atoms with Crippen molar-refractivity contribution in [1.82, 2.24) is 19.8 Å². The SMILES string of the molecule is O=C(NO)c1ccc2ccn(Cc3cccc(-n4cc5ccccc5n4)c3)c(=O)c2c1. The molecule has 0 saturated heterocycles. The fourth-order valence-electron chi connectivity index (χ4n) is 3.70. The Kier molecular flexibility index (Phi) is 4.57. The average Bonchev–Trinajstić information content (AvgIpc) is 3.25. The highest BCUT2D eigenvalue weighted by molar-refractivity contribution is 5.97. The van der Waals surface area contributed by atoms with E-state index in [0.29, 0.717) is 11.9 Å². The van der Waals surface area contributed by atoms with Crippen molar-refractivity contribution in [2.45, 2.75) is 6.54 Å². The molecule has 1 amide bonds. The average molecular weight is 410 g/mol. The van der Waals surface area contributed by atoms with E-state index >= 15 is 0 Å². The van der Waals surface area contributed by atoms with Crippen LogP contribution in [0.5, 0.6) is 0 Å². The summed E-state index contributed by atoms with van der Waals surface area (Å²) >= 11 is 0. The van der Waals surface area contributed by atoms with Crippen molar-refractivity contribution < 1.29 is 10.0 Å². The highest BCUT2D eigenvalue weighted by Crippen LogP contribution is 2.17. The minimum absolute atomic E-state index is 0.208. The Hall–Kier alpha value is -4.23. The van der Waals surface area contributed by atoms with Crippen molar-refractivity contribution in [3.8, 4) is 5.69 Å². The van der Waals surface area contributed by atoms with Crippen molar-refractivity contribution in [1.29, 1.82) is 0 Å². The summed E-state index contributed by atoms with van der Waals surface area (Å²) in [5, 5.41) is 15.7. The Morgan fingerprint density at radius 1 is 0.968 bits per heavy atom. The minimum atomic E-state index is -0.656. The zero-order valence-corrected chi connectivity index (χ0v) is 16.4. The van der Waals surface area contributed by atoms with Crippen molar-refractivity contribution in [3.63, 3.8) is 0 Å². The van der Waals surface area contributed by atoms with Crippen molar-refractivity contribution in [3.05, 3.63) is 107 Å². The number of hydrogen-bond donors (Lipinski definition) is 2. The fourth-order valence-corrected chi connectivity index (χ4v) is 3.70. The number of carbonyl (C=O) groups is 1. The third-order valence-electron chi connectivity index (χ3n) is 5.28. The molecule has 0 fully saturated rings. The van der Waals surface area contributed by atoms with Crippen molar-refractivity contribution >= 4 is 27.6 Å². The second kappa shape index (κ2) is 7.55. The number of aromatic nitrogens is 3. The summed E-state index contributed by atoms with van der Waals surface area (Å²) in [7, 11) is 0. The molecule has 0 aliphatic heterocycles. The Balaban J connectivity index is 1.51. The van der Waals surface area contributed by atoms with Crippen LogP contribution in [-0.2, 0) is 6.54 Å². The first-order valence-corrected chi connectivity index (χ1v) is 9.74. The lowest BCUT2D eigenvalue weighted by molar-refractivity contribution is 0.0706. The summed E-state index contributed by atoms with van der Waals surface area (Å²) in [4.78, 5) is 24.7. The van der Waals surface area contributed by atoms with E-state index in [1.807, 2.05) is 65.5 Å². The Labute approximate surface area is 176 Å². The first-order chi connectivity index (χ1) is 15.1. The number of nitrogens with zero attached hydrogens (tertiary/aromatic N) is 3. The van der Waals surface area contributed by atoms with E-state index in [1.54, 1.807) is 28.4 Å². The molecule has 0 radical (unpaired) electrons. The minimum Gasteiger partial charge on any atom is -0.311 e. The van der Waals surface area contributed by atoms with E-state index in [9.17, 15) is 9.59 Å². The van der Waals surface area contributed by atoms with Gasteiger partial charge in [-0.15, -0.1) is 0 Å². The molecule has 0 bridgehead atoms. The molecule has 3 aromatic carbocycles. The zero-order valence-electron chi connectivity index (χ0n) is 16.4. The Morgan fingerprint density at radius 2 is 1.84 bits per heavy atom. The molecule has 0 aliphatic rings. The van der Waals surface area contributed by atoms with Gasteiger partial charge in [0.1, 0.15) is 0 Å². The van der Waals surface area contributed by atoms with Gasteiger partial charge in [-0.2, -0.15) is 5.10 Å².